The second-order valence-corrected chi connectivity index (χ2v) is 5.94. The Hall–Kier alpha value is -0.580. The number of benzene rings is 1. The highest BCUT2D eigenvalue weighted by atomic mass is 35.5. The number of alkyl halides is 1. The molecule has 0 saturated heterocycles. The Balaban J connectivity index is 2.68. The van der Waals surface area contributed by atoms with Crippen LogP contribution in [0.4, 0.5) is 0 Å². The maximum Gasteiger partial charge on any atom is 0.240 e. The molecule has 17 heavy (non-hydrogen) atoms. The molecule has 1 aromatic rings. The highest BCUT2D eigenvalue weighted by Gasteiger charge is 2.11. The van der Waals surface area contributed by atoms with Gasteiger partial charge in [0.25, 0.3) is 0 Å². The third-order valence-corrected chi connectivity index (χ3v) is 4.25. The monoisotopic (exact) mass is 275 g/mol. The molecule has 0 aromatic heterocycles. The summed E-state index contributed by atoms with van der Waals surface area (Å²) in [6.45, 7) is 2.16. The normalized spacial score (nSPS) is 11.6. The zero-order chi connectivity index (χ0) is 12.7. The van der Waals surface area contributed by atoms with Crippen molar-refractivity contribution in [3.8, 4) is 0 Å². The van der Waals surface area contributed by atoms with Gasteiger partial charge in [0.15, 0.2) is 0 Å². The van der Waals surface area contributed by atoms with Gasteiger partial charge in [-0.25, -0.2) is 13.1 Å². The molecule has 0 bridgehead atoms. The summed E-state index contributed by atoms with van der Waals surface area (Å²) in [4.78, 5) is 0.320. The van der Waals surface area contributed by atoms with E-state index in [1.54, 1.807) is 19.1 Å². The summed E-state index contributed by atoms with van der Waals surface area (Å²) in [5.41, 5.74) is 1.14. The number of sulfonamides is 1. The lowest BCUT2D eigenvalue weighted by Crippen LogP contribution is -2.23. The minimum atomic E-state index is -3.32. The van der Waals surface area contributed by atoms with Gasteiger partial charge in [0.2, 0.25) is 10.0 Å². The first-order valence-electron chi connectivity index (χ1n) is 5.74. The van der Waals surface area contributed by atoms with Gasteiger partial charge in [0.05, 0.1) is 4.90 Å². The first-order chi connectivity index (χ1) is 8.10. The van der Waals surface area contributed by atoms with E-state index in [0.717, 1.165) is 24.8 Å². The zero-order valence-electron chi connectivity index (χ0n) is 9.95. The van der Waals surface area contributed by atoms with Crippen LogP contribution in [0.1, 0.15) is 25.3 Å². The van der Waals surface area contributed by atoms with Gasteiger partial charge in [-0.1, -0.05) is 19.1 Å². The number of rotatable bonds is 7. The summed E-state index contributed by atoms with van der Waals surface area (Å²) in [5, 5.41) is 0. The van der Waals surface area contributed by atoms with Gasteiger partial charge in [-0.3, -0.25) is 0 Å². The summed E-state index contributed by atoms with van der Waals surface area (Å²) in [5.74, 6) is 0.673. The fourth-order valence-corrected chi connectivity index (χ4v) is 2.76. The summed E-state index contributed by atoms with van der Waals surface area (Å²) in [6, 6.07) is 7.01. The summed E-state index contributed by atoms with van der Waals surface area (Å²) < 4.78 is 25.8. The lowest BCUT2D eigenvalue weighted by atomic mass is 10.1. The van der Waals surface area contributed by atoms with Crippen LogP contribution in [0.5, 0.6) is 0 Å². The highest BCUT2D eigenvalue weighted by molar-refractivity contribution is 7.89. The van der Waals surface area contributed by atoms with Gasteiger partial charge in [-0.05, 0) is 37.0 Å². The second-order valence-electron chi connectivity index (χ2n) is 3.79. The van der Waals surface area contributed by atoms with Crippen LogP contribution in [0, 0.1) is 0 Å². The molecule has 1 rings (SSSR count). The fraction of sp³-hybridized carbons (Fsp3) is 0.500. The molecule has 0 unspecified atom stereocenters. The predicted molar refractivity (Wildman–Crippen MR) is 71.0 cm³/mol. The van der Waals surface area contributed by atoms with Crippen molar-refractivity contribution in [2.75, 3.05) is 12.4 Å². The average molecular weight is 276 g/mol. The molecule has 0 heterocycles. The Labute approximate surface area is 108 Å². The highest BCUT2D eigenvalue weighted by Crippen LogP contribution is 2.12. The molecule has 0 fully saturated rings. The third-order valence-electron chi connectivity index (χ3n) is 2.42. The molecule has 0 aliphatic carbocycles. The van der Waals surface area contributed by atoms with Gasteiger partial charge in [-0.2, -0.15) is 0 Å². The first kappa shape index (κ1) is 14.5. The molecule has 0 spiro atoms. The van der Waals surface area contributed by atoms with Crippen molar-refractivity contribution in [1.82, 2.24) is 4.72 Å². The molecule has 0 atom stereocenters. The largest absolute Gasteiger partial charge is 0.240 e. The van der Waals surface area contributed by atoms with E-state index in [-0.39, 0.29) is 0 Å². The van der Waals surface area contributed by atoms with Crippen molar-refractivity contribution in [3.05, 3.63) is 29.8 Å². The van der Waals surface area contributed by atoms with Crippen molar-refractivity contribution >= 4 is 21.6 Å². The summed E-state index contributed by atoms with van der Waals surface area (Å²) in [7, 11) is -3.32. The van der Waals surface area contributed by atoms with Crippen LogP contribution in [0.15, 0.2) is 29.2 Å². The van der Waals surface area contributed by atoms with Crippen molar-refractivity contribution in [1.29, 1.82) is 0 Å². The number of unbranched alkanes of at least 4 members (excludes halogenated alkanes) is 1. The summed E-state index contributed by atoms with van der Waals surface area (Å²) >= 11 is 5.60. The Kier molecular flexibility index (Phi) is 5.95. The number of hydrogen-bond acceptors (Lipinski definition) is 2. The molecule has 1 aromatic carbocycles. The smallest absolute Gasteiger partial charge is 0.211 e. The third kappa shape index (κ3) is 4.66. The predicted octanol–water partition coefficient (Wildman–Crippen LogP) is 2.55. The van der Waals surface area contributed by atoms with Crippen molar-refractivity contribution in [3.63, 3.8) is 0 Å². The van der Waals surface area contributed by atoms with Crippen molar-refractivity contribution in [2.24, 2.45) is 0 Å². The zero-order valence-corrected chi connectivity index (χ0v) is 11.5. The number of nitrogens with one attached hydrogen (secondary N) is 1. The topological polar surface area (TPSA) is 46.2 Å². The van der Waals surface area contributed by atoms with Gasteiger partial charge >= 0.3 is 0 Å². The van der Waals surface area contributed by atoms with Gasteiger partial charge in [0, 0.05) is 12.4 Å². The SMILES string of the molecule is CCNS(=O)(=O)c1ccc(CCCCCl)cc1. The molecular formula is C12H18ClNO2S. The average Bonchev–Trinajstić information content (AvgIpc) is 2.30. The number of halogens is 1. The van der Waals surface area contributed by atoms with E-state index in [1.165, 1.54) is 0 Å². The maximum atomic E-state index is 11.7. The van der Waals surface area contributed by atoms with Crippen LogP contribution in [0.3, 0.4) is 0 Å². The molecule has 0 amide bonds. The lowest BCUT2D eigenvalue weighted by Gasteiger charge is -2.05. The Morgan fingerprint density at radius 3 is 2.35 bits per heavy atom. The van der Waals surface area contributed by atoms with E-state index in [4.69, 9.17) is 11.6 Å². The lowest BCUT2D eigenvalue weighted by molar-refractivity contribution is 0.584. The minimum Gasteiger partial charge on any atom is -0.211 e. The van der Waals surface area contributed by atoms with E-state index in [9.17, 15) is 8.42 Å². The first-order valence-corrected chi connectivity index (χ1v) is 7.76. The van der Waals surface area contributed by atoms with E-state index in [2.05, 4.69) is 4.72 Å². The maximum absolute atomic E-state index is 11.7. The summed E-state index contributed by atoms with van der Waals surface area (Å²) in [6.07, 6.45) is 2.95. The van der Waals surface area contributed by atoms with E-state index in [0.29, 0.717) is 17.3 Å². The Bertz CT molecular complexity index is 428. The molecule has 5 heteroatoms. The molecule has 3 nitrogen and oxygen atoms in total. The standard InChI is InChI=1S/C12H18ClNO2S/c1-2-14-17(15,16)12-8-6-11(7-9-12)5-3-4-10-13/h6-9,14H,2-5,10H2,1H3. The molecular weight excluding hydrogens is 258 g/mol. The van der Waals surface area contributed by atoms with Gasteiger partial charge in [-0.15, -0.1) is 11.6 Å². The van der Waals surface area contributed by atoms with Crippen LogP contribution in [0.2, 0.25) is 0 Å². The molecule has 96 valence electrons. The second kappa shape index (κ2) is 6.99. The molecule has 0 saturated carbocycles. The van der Waals surface area contributed by atoms with E-state index in [1.807, 2.05) is 12.1 Å². The van der Waals surface area contributed by atoms with Crippen LogP contribution in [0.25, 0.3) is 0 Å². The van der Waals surface area contributed by atoms with Crippen molar-refractivity contribution in [2.45, 2.75) is 31.1 Å². The van der Waals surface area contributed by atoms with Crippen LogP contribution < -0.4 is 4.72 Å². The Morgan fingerprint density at radius 2 is 1.82 bits per heavy atom. The van der Waals surface area contributed by atoms with Crippen LogP contribution in [-0.2, 0) is 16.4 Å². The molecule has 0 radical (unpaired) electrons. The number of hydrogen-bond donors (Lipinski definition) is 1. The minimum absolute atomic E-state index is 0.320. The van der Waals surface area contributed by atoms with E-state index >= 15 is 0 Å². The van der Waals surface area contributed by atoms with Gasteiger partial charge < -0.3 is 0 Å². The molecule has 0 aliphatic rings. The molecule has 1 N–H and O–H groups in total. The van der Waals surface area contributed by atoms with Crippen LogP contribution in [-0.4, -0.2) is 20.8 Å². The quantitative estimate of drug-likeness (QED) is 0.614. The molecule has 0 aliphatic heterocycles. The van der Waals surface area contributed by atoms with Gasteiger partial charge in [0.1, 0.15) is 0 Å². The van der Waals surface area contributed by atoms with Crippen LogP contribution >= 0.6 is 11.6 Å². The fourth-order valence-electron chi connectivity index (χ4n) is 1.53. The number of aryl methyl sites for hydroxylation is 1. The Morgan fingerprint density at radius 1 is 1.18 bits per heavy atom. The van der Waals surface area contributed by atoms with E-state index < -0.39 is 10.0 Å². The van der Waals surface area contributed by atoms with Crippen molar-refractivity contribution < 1.29 is 8.42 Å².